The van der Waals surface area contributed by atoms with Gasteiger partial charge in [0.2, 0.25) is 11.8 Å². The maximum absolute atomic E-state index is 11.9. The molecule has 0 saturated carbocycles. The summed E-state index contributed by atoms with van der Waals surface area (Å²) in [5.41, 5.74) is 4.98. The molecular weight excluding hydrogens is 348 g/mol. The fourth-order valence-electron chi connectivity index (χ4n) is 3.04. The van der Waals surface area contributed by atoms with Gasteiger partial charge in [-0.1, -0.05) is 0 Å². The molecule has 0 spiro atoms. The summed E-state index contributed by atoms with van der Waals surface area (Å²) in [6.45, 7) is 14.9. The number of alkyl carbamates (subject to hydrolysis) is 1. The second-order valence-corrected chi connectivity index (χ2v) is 8.63. The Morgan fingerprint density at radius 3 is 1.85 bits per heavy atom. The van der Waals surface area contributed by atoms with Gasteiger partial charge in [-0.25, -0.2) is 4.79 Å². The van der Waals surface area contributed by atoms with Crippen LogP contribution in [0.5, 0.6) is 0 Å². The first-order valence-electron chi connectivity index (χ1n) is 9.69. The number of hydrogen-bond donors (Lipinski definition) is 2. The van der Waals surface area contributed by atoms with Crippen LogP contribution in [-0.2, 0) is 14.3 Å². The first kappa shape index (κ1) is 23.2. The Morgan fingerprint density at radius 2 is 1.52 bits per heavy atom. The van der Waals surface area contributed by atoms with E-state index in [1.807, 2.05) is 32.6 Å². The molecule has 2 rings (SSSR count). The highest BCUT2D eigenvalue weighted by atomic mass is 16.6. The van der Waals surface area contributed by atoms with Gasteiger partial charge in [0.1, 0.15) is 11.6 Å². The topological polar surface area (TPSA) is 105 Å². The van der Waals surface area contributed by atoms with E-state index in [9.17, 15) is 14.4 Å². The molecule has 2 heterocycles. The lowest BCUT2D eigenvalue weighted by Crippen LogP contribution is -2.45. The third kappa shape index (κ3) is 7.01. The highest BCUT2D eigenvalue weighted by Gasteiger charge is 2.35. The predicted octanol–water partition coefficient (Wildman–Crippen LogP) is 1.47. The van der Waals surface area contributed by atoms with Crippen molar-refractivity contribution in [2.75, 3.05) is 13.1 Å². The minimum atomic E-state index is -0.538. The lowest BCUT2D eigenvalue weighted by molar-refractivity contribution is -0.131. The van der Waals surface area contributed by atoms with Crippen LogP contribution in [0.15, 0.2) is 0 Å². The van der Waals surface area contributed by atoms with Crippen LogP contribution in [0.2, 0.25) is 0 Å². The minimum absolute atomic E-state index is 0.0224. The van der Waals surface area contributed by atoms with Crippen LogP contribution in [0.4, 0.5) is 4.79 Å². The van der Waals surface area contributed by atoms with Crippen molar-refractivity contribution in [3.63, 3.8) is 0 Å². The van der Waals surface area contributed by atoms with Gasteiger partial charge in [0.05, 0.1) is 6.04 Å². The molecule has 0 bridgehead atoms. The molecule has 0 radical (unpaired) electrons. The zero-order valence-electron chi connectivity index (χ0n) is 17.7. The van der Waals surface area contributed by atoms with Gasteiger partial charge in [0.15, 0.2) is 0 Å². The first-order valence-corrected chi connectivity index (χ1v) is 9.69. The fourth-order valence-corrected chi connectivity index (χ4v) is 3.04. The number of carbonyl (C=O) groups is 3. The Labute approximate surface area is 162 Å². The van der Waals surface area contributed by atoms with Crippen molar-refractivity contribution in [2.24, 2.45) is 5.73 Å². The second kappa shape index (κ2) is 9.39. The van der Waals surface area contributed by atoms with Crippen molar-refractivity contribution in [3.05, 3.63) is 0 Å². The molecule has 0 aliphatic carbocycles. The standard InChI is InChI=1S/C12H22N2O3.C7H14N2O/c1-8(2)14-7-6-9(10(14)15)13-11(16)17-12(3,4)5;1-5(2)9-4-3-6(8)7(9)10/h8-9H,6-7H2,1-5H3,(H,13,16);5-6H,3-4,8H2,1-2H3/t9-;6-/m00/s1. The Balaban J connectivity index is 0.000000309. The van der Waals surface area contributed by atoms with E-state index in [1.165, 1.54) is 0 Å². The molecule has 2 saturated heterocycles. The predicted molar refractivity (Wildman–Crippen MR) is 104 cm³/mol. The molecule has 27 heavy (non-hydrogen) atoms. The van der Waals surface area contributed by atoms with E-state index in [0.29, 0.717) is 19.0 Å². The maximum Gasteiger partial charge on any atom is 0.408 e. The average molecular weight is 385 g/mol. The van der Waals surface area contributed by atoms with Crippen LogP contribution in [0, 0.1) is 0 Å². The third-order valence-corrected chi connectivity index (χ3v) is 4.46. The smallest absolute Gasteiger partial charge is 0.408 e. The Morgan fingerprint density at radius 1 is 1.04 bits per heavy atom. The van der Waals surface area contributed by atoms with Crippen molar-refractivity contribution in [1.82, 2.24) is 15.1 Å². The molecule has 0 aromatic heterocycles. The number of nitrogens with zero attached hydrogens (tertiary/aromatic N) is 2. The summed E-state index contributed by atoms with van der Waals surface area (Å²) in [4.78, 5) is 38.2. The lowest BCUT2D eigenvalue weighted by atomic mass is 10.2. The van der Waals surface area contributed by atoms with E-state index in [4.69, 9.17) is 10.5 Å². The van der Waals surface area contributed by atoms with Gasteiger partial charge >= 0.3 is 6.09 Å². The molecule has 0 aromatic rings. The van der Waals surface area contributed by atoms with Crippen molar-refractivity contribution in [3.8, 4) is 0 Å². The monoisotopic (exact) mass is 384 g/mol. The summed E-state index contributed by atoms with van der Waals surface area (Å²) < 4.78 is 5.12. The molecule has 0 unspecified atom stereocenters. The summed E-state index contributed by atoms with van der Waals surface area (Å²) in [6, 6.07) is -0.191. The van der Waals surface area contributed by atoms with Crippen molar-refractivity contribution < 1.29 is 19.1 Å². The molecule has 2 fully saturated rings. The third-order valence-electron chi connectivity index (χ3n) is 4.46. The number of rotatable bonds is 3. The number of amides is 3. The number of nitrogens with one attached hydrogen (secondary N) is 1. The summed E-state index contributed by atoms with van der Waals surface area (Å²) in [5, 5.41) is 2.62. The van der Waals surface area contributed by atoms with Crippen LogP contribution >= 0.6 is 0 Å². The summed E-state index contributed by atoms with van der Waals surface area (Å²) in [6.07, 6.45) is 0.939. The van der Waals surface area contributed by atoms with E-state index < -0.39 is 17.7 Å². The maximum atomic E-state index is 11.9. The van der Waals surface area contributed by atoms with Gasteiger partial charge in [-0.15, -0.1) is 0 Å². The zero-order chi connectivity index (χ0) is 20.9. The average Bonchev–Trinajstić information content (AvgIpc) is 3.02. The summed E-state index contributed by atoms with van der Waals surface area (Å²) in [7, 11) is 0. The summed E-state index contributed by atoms with van der Waals surface area (Å²) >= 11 is 0. The molecule has 2 atom stereocenters. The van der Waals surface area contributed by atoms with Crippen molar-refractivity contribution in [1.29, 1.82) is 0 Å². The van der Waals surface area contributed by atoms with Gasteiger partial charge in [0.25, 0.3) is 0 Å². The van der Waals surface area contributed by atoms with Crippen LogP contribution in [0.1, 0.15) is 61.3 Å². The molecule has 0 aromatic carbocycles. The quantitative estimate of drug-likeness (QED) is 0.767. The zero-order valence-corrected chi connectivity index (χ0v) is 17.7. The van der Waals surface area contributed by atoms with E-state index in [0.717, 1.165) is 13.0 Å². The fraction of sp³-hybridized carbons (Fsp3) is 0.842. The SMILES string of the molecule is CC(C)N1CC[C@H](N)C1=O.CC(C)N1CC[C@H](NC(=O)OC(C)(C)C)C1=O. The van der Waals surface area contributed by atoms with E-state index in [-0.39, 0.29) is 23.9 Å². The number of hydrogen-bond acceptors (Lipinski definition) is 5. The highest BCUT2D eigenvalue weighted by molar-refractivity contribution is 5.87. The molecular formula is C19H36N4O4. The van der Waals surface area contributed by atoms with Crippen LogP contribution in [0.3, 0.4) is 0 Å². The molecule has 2 aliphatic heterocycles. The van der Waals surface area contributed by atoms with Crippen molar-refractivity contribution >= 4 is 17.9 Å². The molecule has 3 N–H and O–H groups in total. The number of likely N-dealkylation sites (tertiary alicyclic amines) is 2. The number of nitrogens with two attached hydrogens (primary N) is 1. The lowest BCUT2D eigenvalue weighted by Gasteiger charge is -2.23. The Hall–Kier alpha value is -1.83. The second-order valence-electron chi connectivity index (χ2n) is 8.63. The van der Waals surface area contributed by atoms with Gasteiger partial charge in [0, 0.05) is 25.2 Å². The van der Waals surface area contributed by atoms with E-state index in [2.05, 4.69) is 5.32 Å². The van der Waals surface area contributed by atoms with Crippen LogP contribution in [-0.4, -0.2) is 70.6 Å². The van der Waals surface area contributed by atoms with Gasteiger partial charge in [-0.2, -0.15) is 0 Å². The number of ether oxygens (including phenoxy) is 1. The number of carbonyl (C=O) groups excluding carboxylic acids is 3. The summed E-state index contributed by atoms with van der Waals surface area (Å²) in [5.74, 6) is 0.0841. The van der Waals surface area contributed by atoms with Crippen molar-refractivity contribution in [2.45, 2.75) is 91.1 Å². The van der Waals surface area contributed by atoms with Crippen LogP contribution in [0.25, 0.3) is 0 Å². The molecule has 156 valence electrons. The van der Waals surface area contributed by atoms with Gasteiger partial charge in [-0.05, 0) is 61.3 Å². The van der Waals surface area contributed by atoms with E-state index >= 15 is 0 Å². The Kier molecular flexibility index (Phi) is 8.07. The molecule has 2 aliphatic rings. The normalized spacial score (nSPS) is 23.0. The van der Waals surface area contributed by atoms with E-state index in [1.54, 1.807) is 25.7 Å². The minimum Gasteiger partial charge on any atom is -0.444 e. The van der Waals surface area contributed by atoms with Crippen LogP contribution < -0.4 is 11.1 Å². The van der Waals surface area contributed by atoms with Gasteiger partial charge < -0.3 is 25.6 Å². The Bertz CT molecular complexity index is 542. The van der Waals surface area contributed by atoms with Gasteiger partial charge in [-0.3, -0.25) is 9.59 Å². The first-order chi connectivity index (χ1) is 12.3. The highest BCUT2D eigenvalue weighted by Crippen LogP contribution is 2.15. The largest absolute Gasteiger partial charge is 0.444 e. The molecule has 8 heteroatoms. The molecule has 8 nitrogen and oxygen atoms in total. The molecule has 3 amide bonds.